The first-order valence-corrected chi connectivity index (χ1v) is 5.86. The first-order valence-electron chi connectivity index (χ1n) is 5.86. The van der Waals surface area contributed by atoms with E-state index in [1.165, 1.54) is 0 Å². The number of nitrogens with zero attached hydrogens (tertiary/aromatic N) is 2. The Morgan fingerprint density at radius 3 is 3.29 bits per heavy atom. The van der Waals surface area contributed by atoms with E-state index >= 15 is 0 Å². The van der Waals surface area contributed by atoms with Gasteiger partial charge in [0.15, 0.2) is 0 Å². The topological polar surface area (TPSA) is 44.2 Å². The molecule has 1 atom stereocenters. The van der Waals surface area contributed by atoms with Crippen molar-refractivity contribution in [3.05, 3.63) is 30.7 Å². The predicted octanol–water partition coefficient (Wildman–Crippen LogP) is 2.19. The van der Waals surface area contributed by atoms with Gasteiger partial charge in [-0.1, -0.05) is 0 Å². The second kappa shape index (κ2) is 4.67. The molecule has 4 heteroatoms. The van der Waals surface area contributed by atoms with E-state index in [4.69, 9.17) is 9.47 Å². The van der Waals surface area contributed by atoms with Crippen molar-refractivity contribution in [3.63, 3.8) is 0 Å². The van der Waals surface area contributed by atoms with Crippen LogP contribution in [0.1, 0.15) is 12.8 Å². The molecule has 17 heavy (non-hydrogen) atoms. The van der Waals surface area contributed by atoms with E-state index in [0.717, 1.165) is 36.1 Å². The van der Waals surface area contributed by atoms with E-state index < -0.39 is 0 Å². The van der Waals surface area contributed by atoms with E-state index in [9.17, 15) is 0 Å². The fraction of sp³-hybridized carbons (Fsp3) is 0.385. The van der Waals surface area contributed by atoms with Gasteiger partial charge in [-0.3, -0.25) is 0 Å². The molecule has 1 aromatic heterocycles. The molecule has 0 aliphatic carbocycles. The summed E-state index contributed by atoms with van der Waals surface area (Å²) >= 11 is 0. The highest BCUT2D eigenvalue weighted by Gasteiger charge is 2.15. The van der Waals surface area contributed by atoms with Crippen LogP contribution in [0, 0.1) is 0 Å². The van der Waals surface area contributed by atoms with Crippen LogP contribution in [0.15, 0.2) is 30.7 Å². The fourth-order valence-corrected chi connectivity index (χ4v) is 2.01. The summed E-state index contributed by atoms with van der Waals surface area (Å²) in [6.45, 7) is 1.48. The van der Waals surface area contributed by atoms with Crippen LogP contribution in [0.5, 0.6) is 5.75 Å². The third kappa shape index (κ3) is 2.36. The van der Waals surface area contributed by atoms with Crippen LogP contribution in [-0.4, -0.2) is 29.3 Å². The normalized spacial score (nSPS) is 19.6. The molecule has 0 amide bonds. The van der Waals surface area contributed by atoms with Gasteiger partial charge < -0.3 is 9.47 Å². The second-order valence-corrected chi connectivity index (χ2v) is 4.19. The molecule has 1 aromatic carbocycles. The van der Waals surface area contributed by atoms with Crippen molar-refractivity contribution in [2.75, 3.05) is 13.2 Å². The molecule has 0 saturated carbocycles. The molecular weight excluding hydrogens is 216 g/mol. The van der Waals surface area contributed by atoms with Crippen LogP contribution in [0.4, 0.5) is 0 Å². The highest BCUT2D eigenvalue weighted by molar-refractivity contribution is 5.78. The third-order valence-electron chi connectivity index (χ3n) is 2.94. The van der Waals surface area contributed by atoms with Gasteiger partial charge in [0, 0.05) is 24.3 Å². The van der Waals surface area contributed by atoms with Crippen LogP contribution in [0.2, 0.25) is 0 Å². The molecule has 1 saturated heterocycles. The molecule has 0 N–H and O–H groups in total. The number of rotatable bonds is 3. The quantitative estimate of drug-likeness (QED) is 0.810. The maximum Gasteiger partial charge on any atom is 0.121 e. The second-order valence-electron chi connectivity index (χ2n) is 4.19. The first kappa shape index (κ1) is 10.5. The Morgan fingerprint density at radius 1 is 1.41 bits per heavy atom. The van der Waals surface area contributed by atoms with E-state index in [2.05, 4.69) is 9.97 Å². The molecule has 2 aromatic rings. The fourth-order valence-electron chi connectivity index (χ4n) is 2.01. The van der Waals surface area contributed by atoms with Crippen LogP contribution >= 0.6 is 0 Å². The summed E-state index contributed by atoms with van der Waals surface area (Å²) in [6.07, 6.45) is 5.82. The summed E-state index contributed by atoms with van der Waals surface area (Å²) in [5.41, 5.74) is 0.907. The van der Waals surface area contributed by atoms with Crippen molar-refractivity contribution in [3.8, 4) is 5.75 Å². The van der Waals surface area contributed by atoms with Gasteiger partial charge in [-0.15, -0.1) is 0 Å². The van der Waals surface area contributed by atoms with Gasteiger partial charge in [0.25, 0.3) is 0 Å². The van der Waals surface area contributed by atoms with Crippen molar-refractivity contribution in [2.24, 2.45) is 0 Å². The van der Waals surface area contributed by atoms with E-state index in [1.54, 1.807) is 12.5 Å². The summed E-state index contributed by atoms with van der Waals surface area (Å²) in [4.78, 5) is 8.18. The predicted molar refractivity (Wildman–Crippen MR) is 64.0 cm³/mol. The van der Waals surface area contributed by atoms with Crippen LogP contribution in [-0.2, 0) is 4.74 Å². The Labute approximate surface area is 99.6 Å². The Hall–Kier alpha value is -1.68. The van der Waals surface area contributed by atoms with Gasteiger partial charge in [0.05, 0.1) is 11.6 Å². The average molecular weight is 230 g/mol. The minimum Gasteiger partial charge on any atom is -0.491 e. The molecule has 3 rings (SSSR count). The third-order valence-corrected chi connectivity index (χ3v) is 2.94. The summed E-state index contributed by atoms with van der Waals surface area (Å²) in [6, 6.07) is 5.85. The maximum absolute atomic E-state index is 5.71. The zero-order chi connectivity index (χ0) is 11.5. The molecule has 4 nitrogen and oxygen atoms in total. The zero-order valence-corrected chi connectivity index (χ0v) is 9.50. The minimum absolute atomic E-state index is 0.246. The number of hydrogen-bond acceptors (Lipinski definition) is 4. The highest BCUT2D eigenvalue weighted by atomic mass is 16.5. The molecular formula is C13H14N2O2. The monoisotopic (exact) mass is 230 g/mol. The van der Waals surface area contributed by atoms with E-state index in [-0.39, 0.29) is 6.10 Å². The van der Waals surface area contributed by atoms with Gasteiger partial charge in [-0.2, -0.15) is 0 Å². The molecule has 0 unspecified atom stereocenters. The molecule has 0 radical (unpaired) electrons. The van der Waals surface area contributed by atoms with Crippen molar-refractivity contribution >= 4 is 10.9 Å². The lowest BCUT2D eigenvalue weighted by atomic mass is 10.2. The van der Waals surface area contributed by atoms with E-state index in [1.807, 2.05) is 18.2 Å². The standard InChI is InChI=1S/C13H14N2O2/c1-2-12(16-5-1)8-17-11-4-3-10-7-14-9-15-13(10)6-11/h3-4,6-7,9,12H,1-2,5,8H2/t12-/m0/s1. The SMILES string of the molecule is c1ncc2ccc(OC[C@@H]3CCCO3)cc2n1. The number of aromatic nitrogens is 2. The number of fused-ring (bicyclic) bond motifs is 1. The van der Waals surface area contributed by atoms with Gasteiger partial charge in [-0.05, 0) is 25.0 Å². The lowest BCUT2D eigenvalue weighted by Gasteiger charge is -2.11. The lowest BCUT2D eigenvalue weighted by Crippen LogP contribution is -2.16. The highest BCUT2D eigenvalue weighted by Crippen LogP contribution is 2.19. The smallest absolute Gasteiger partial charge is 0.121 e. The van der Waals surface area contributed by atoms with Gasteiger partial charge in [0.2, 0.25) is 0 Å². The Bertz CT molecular complexity index is 510. The Balaban J connectivity index is 1.72. The molecule has 0 bridgehead atoms. The average Bonchev–Trinajstić information content (AvgIpc) is 2.89. The molecule has 0 spiro atoms. The summed E-state index contributed by atoms with van der Waals surface area (Å²) < 4.78 is 11.2. The number of benzene rings is 1. The van der Waals surface area contributed by atoms with Crippen molar-refractivity contribution in [2.45, 2.75) is 18.9 Å². The largest absolute Gasteiger partial charge is 0.491 e. The van der Waals surface area contributed by atoms with Crippen molar-refractivity contribution < 1.29 is 9.47 Å². The summed E-state index contributed by atoms with van der Waals surface area (Å²) in [5.74, 6) is 0.840. The van der Waals surface area contributed by atoms with Gasteiger partial charge >= 0.3 is 0 Å². The van der Waals surface area contributed by atoms with Crippen LogP contribution < -0.4 is 4.74 Å². The Kier molecular flexibility index (Phi) is 2.88. The van der Waals surface area contributed by atoms with Gasteiger partial charge in [0.1, 0.15) is 18.7 Å². The number of ether oxygens (including phenoxy) is 2. The van der Waals surface area contributed by atoms with E-state index in [0.29, 0.717) is 6.61 Å². The first-order chi connectivity index (χ1) is 8.42. The van der Waals surface area contributed by atoms with Crippen molar-refractivity contribution in [1.29, 1.82) is 0 Å². The molecule has 1 fully saturated rings. The maximum atomic E-state index is 5.71. The van der Waals surface area contributed by atoms with Crippen LogP contribution in [0.3, 0.4) is 0 Å². The Morgan fingerprint density at radius 2 is 2.41 bits per heavy atom. The summed E-state index contributed by atoms with van der Waals surface area (Å²) in [7, 11) is 0. The minimum atomic E-state index is 0.246. The summed E-state index contributed by atoms with van der Waals surface area (Å²) in [5, 5.41) is 1.02. The van der Waals surface area contributed by atoms with Crippen molar-refractivity contribution in [1.82, 2.24) is 9.97 Å². The molecule has 1 aliphatic rings. The molecule has 1 aliphatic heterocycles. The molecule has 2 heterocycles. The van der Waals surface area contributed by atoms with Crippen LogP contribution in [0.25, 0.3) is 10.9 Å². The van der Waals surface area contributed by atoms with Gasteiger partial charge in [-0.25, -0.2) is 9.97 Å². The lowest BCUT2D eigenvalue weighted by molar-refractivity contribution is 0.0680. The number of hydrogen-bond donors (Lipinski definition) is 0. The zero-order valence-electron chi connectivity index (χ0n) is 9.50. The molecule has 88 valence electrons.